The van der Waals surface area contributed by atoms with Crippen molar-refractivity contribution >= 4 is 19.3 Å². The highest BCUT2D eigenvalue weighted by Gasteiger charge is 2.02. The number of nitrogens with two attached hydrogens (primary N) is 1. The van der Waals surface area contributed by atoms with Gasteiger partial charge in [0.1, 0.15) is 14.5 Å². The number of nitrogen functional groups attached to an aromatic ring is 1. The molecule has 16 heavy (non-hydrogen) atoms. The summed E-state index contributed by atoms with van der Waals surface area (Å²) in [6.45, 7) is 0.404. The van der Waals surface area contributed by atoms with Crippen LogP contribution in [0.5, 0.6) is 5.88 Å². The molecule has 2 rings (SSSR count). The molecule has 2 N–H and O–H groups in total. The maximum Gasteiger partial charge on any atom is 0.223 e. The molecule has 1 aromatic heterocycles. The Balaban J connectivity index is 2.08. The maximum absolute atomic E-state index is 5.65. The Morgan fingerprint density at radius 3 is 2.75 bits per heavy atom. The van der Waals surface area contributed by atoms with Gasteiger partial charge in [-0.1, -0.05) is 30.3 Å². The summed E-state index contributed by atoms with van der Waals surface area (Å²) < 4.78 is 5.45. The summed E-state index contributed by atoms with van der Waals surface area (Å²) in [5.41, 5.74) is 6.86. The van der Waals surface area contributed by atoms with Gasteiger partial charge in [-0.05, 0) is 11.0 Å². The lowest BCUT2D eigenvalue weighted by Crippen LogP contribution is -2.14. The Kier molecular flexibility index (Phi) is 3.05. The number of nitrogens with zero attached hydrogens (tertiary/aromatic N) is 2. The summed E-state index contributed by atoms with van der Waals surface area (Å²) >= 11 is 0. The molecule has 0 spiro atoms. The lowest BCUT2D eigenvalue weighted by Gasteiger charge is -2.08. The van der Waals surface area contributed by atoms with Crippen molar-refractivity contribution in [3.05, 3.63) is 42.1 Å². The summed E-state index contributed by atoms with van der Waals surface area (Å²) in [6, 6.07) is 9.74. The van der Waals surface area contributed by atoms with Gasteiger partial charge >= 0.3 is 0 Å². The van der Waals surface area contributed by atoms with E-state index in [0.29, 0.717) is 17.9 Å². The Hall–Kier alpha value is -2.04. The molecule has 0 aliphatic carbocycles. The van der Waals surface area contributed by atoms with Crippen molar-refractivity contribution in [3.8, 4) is 5.88 Å². The van der Waals surface area contributed by atoms with E-state index in [0.717, 1.165) is 5.56 Å². The van der Waals surface area contributed by atoms with Gasteiger partial charge in [-0.3, -0.25) is 0 Å². The zero-order valence-corrected chi connectivity index (χ0v) is 8.63. The Labute approximate surface area is 94.9 Å². The first-order valence-electron chi connectivity index (χ1n) is 4.80. The van der Waals surface area contributed by atoms with Crippen molar-refractivity contribution in [1.29, 1.82) is 0 Å². The molecule has 5 heteroatoms. The van der Waals surface area contributed by atoms with E-state index in [4.69, 9.17) is 18.3 Å². The number of anilines is 1. The van der Waals surface area contributed by atoms with Crippen LogP contribution in [0.2, 0.25) is 0 Å². The molecule has 0 aliphatic heterocycles. The highest BCUT2D eigenvalue weighted by atomic mass is 16.5. The fraction of sp³-hybridized carbons (Fsp3) is 0.0909. The van der Waals surface area contributed by atoms with Crippen LogP contribution in [-0.4, -0.2) is 17.8 Å². The predicted octanol–water partition coefficient (Wildman–Crippen LogP) is 0.432. The van der Waals surface area contributed by atoms with E-state index in [1.807, 2.05) is 30.3 Å². The minimum absolute atomic E-state index is 0.150. The summed E-state index contributed by atoms with van der Waals surface area (Å²) in [6.07, 6.45) is 1.43. The molecule has 0 saturated heterocycles. The monoisotopic (exact) mass is 211 g/mol. The minimum atomic E-state index is 0.150. The first-order valence-corrected chi connectivity index (χ1v) is 4.80. The molecule has 2 aromatic rings. The largest absolute Gasteiger partial charge is 0.473 e. The van der Waals surface area contributed by atoms with Gasteiger partial charge in [-0.25, -0.2) is 4.98 Å². The number of hydrogen-bond acceptors (Lipinski definition) is 4. The number of benzene rings is 1. The Morgan fingerprint density at radius 2 is 2.00 bits per heavy atom. The molecule has 0 fully saturated rings. The van der Waals surface area contributed by atoms with Gasteiger partial charge < -0.3 is 10.5 Å². The topological polar surface area (TPSA) is 61.0 Å². The molecule has 78 valence electrons. The maximum atomic E-state index is 5.65. The van der Waals surface area contributed by atoms with Crippen molar-refractivity contribution in [2.45, 2.75) is 6.61 Å². The summed E-state index contributed by atoms with van der Waals surface area (Å²) in [5.74, 6) is 0.466. The molecule has 2 radical (unpaired) electrons. The highest BCUT2D eigenvalue weighted by Crippen LogP contribution is 2.06. The average Bonchev–Trinajstić information content (AvgIpc) is 2.32. The lowest BCUT2D eigenvalue weighted by atomic mass is 10.00. The SMILES string of the molecule is [B]c1cnc(N)nc1OCc1ccccc1. The minimum Gasteiger partial charge on any atom is -0.473 e. The summed E-state index contributed by atoms with van der Waals surface area (Å²) in [7, 11) is 5.65. The fourth-order valence-corrected chi connectivity index (χ4v) is 1.23. The van der Waals surface area contributed by atoms with Crippen LogP contribution in [0.25, 0.3) is 0 Å². The number of hydrogen-bond donors (Lipinski definition) is 1. The van der Waals surface area contributed by atoms with E-state index in [9.17, 15) is 0 Å². The van der Waals surface area contributed by atoms with E-state index in [2.05, 4.69) is 9.97 Å². The molecule has 0 saturated carbocycles. The number of aromatic nitrogens is 2. The summed E-state index contributed by atoms with van der Waals surface area (Å²) in [4.78, 5) is 7.66. The molecular formula is C11H10BN3O. The van der Waals surface area contributed by atoms with Crippen LogP contribution in [0.4, 0.5) is 5.95 Å². The van der Waals surface area contributed by atoms with Gasteiger partial charge in [0.05, 0.1) is 0 Å². The molecule has 0 amide bonds. The van der Waals surface area contributed by atoms with E-state index >= 15 is 0 Å². The third-order valence-corrected chi connectivity index (χ3v) is 2.02. The van der Waals surface area contributed by atoms with Crippen molar-refractivity contribution in [3.63, 3.8) is 0 Å². The third-order valence-electron chi connectivity index (χ3n) is 2.02. The van der Waals surface area contributed by atoms with Crippen molar-refractivity contribution in [2.24, 2.45) is 0 Å². The fourth-order valence-electron chi connectivity index (χ4n) is 1.23. The first-order chi connectivity index (χ1) is 7.75. The Bertz CT molecular complexity index is 476. The molecule has 0 aliphatic rings. The average molecular weight is 211 g/mol. The quantitative estimate of drug-likeness (QED) is 0.748. The number of ether oxygens (including phenoxy) is 1. The molecular weight excluding hydrogens is 201 g/mol. The van der Waals surface area contributed by atoms with Crippen LogP contribution < -0.4 is 15.9 Å². The van der Waals surface area contributed by atoms with E-state index in [1.54, 1.807) is 0 Å². The van der Waals surface area contributed by atoms with Crippen LogP contribution in [-0.2, 0) is 6.61 Å². The smallest absolute Gasteiger partial charge is 0.223 e. The van der Waals surface area contributed by atoms with E-state index in [-0.39, 0.29) is 5.95 Å². The van der Waals surface area contributed by atoms with Gasteiger partial charge in [-0.15, -0.1) is 0 Å². The van der Waals surface area contributed by atoms with Gasteiger partial charge in [0.2, 0.25) is 11.8 Å². The standard InChI is InChI=1S/C11H10BN3O/c12-9-6-14-11(13)15-10(9)16-7-8-4-2-1-3-5-8/h1-6H,7H2,(H2,13,14,15). The zero-order chi connectivity index (χ0) is 11.4. The molecule has 0 atom stereocenters. The lowest BCUT2D eigenvalue weighted by molar-refractivity contribution is 0.297. The van der Waals surface area contributed by atoms with Gasteiger partial charge in [0, 0.05) is 6.20 Å². The van der Waals surface area contributed by atoms with Gasteiger partial charge in [0.15, 0.2) is 0 Å². The van der Waals surface area contributed by atoms with E-state index < -0.39 is 0 Å². The van der Waals surface area contributed by atoms with Crippen LogP contribution in [0.1, 0.15) is 5.56 Å². The molecule has 0 bridgehead atoms. The third kappa shape index (κ3) is 2.50. The molecule has 0 unspecified atom stereocenters. The molecule has 1 aromatic carbocycles. The van der Waals surface area contributed by atoms with Crippen LogP contribution in [0, 0.1) is 0 Å². The normalized spacial score (nSPS) is 10.0. The van der Waals surface area contributed by atoms with Crippen LogP contribution >= 0.6 is 0 Å². The summed E-state index contributed by atoms with van der Waals surface area (Å²) in [5, 5.41) is 0. The van der Waals surface area contributed by atoms with Crippen molar-refractivity contribution in [1.82, 2.24) is 9.97 Å². The highest BCUT2D eigenvalue weighted by molar-refractivity contribution is 6.33. The second-order valence-electron chi connectivity index (χ2n) is 3.26. The molecule has 1 heterocycles. The van der Waals surface area contributed by atoms with Crippen molar-refractivity contribution < 1.29 is 4.74 Å². The van der Waals surface area contributed by atoms with Crippen molar-refractivity contribution in [2.75, 3.05) is 5.73 Å². The Morgan fingerprint density at radius 1 is 1.25 bits per heavy atom. The predicted molar refractivity (Wildman–Crippen MR) is 62.6 cm³/mol. The van der Waals surface area contributed by atoms with E-state index in [1.165, 1.54) is 6.20 Å². The molecule has 4 nitrogen and oxygen atoms in total. The zero-order valence-electron chi connectivity index (χ0n) is 8.63. The van der Waals surface area contributed by atoms with Crippen LogP contribution in [0.3, 0.4) is 0 Å². The number of rotatable bonds is 3. The van der Waals surface area contributed by atoms with Crippen LogP contribution in [0.15, 0.2) is 36.5 Å². The second-order valence-corrected chi connectivity index (χ2v) is 3.26. The van der Waals surface area contributed by atoms with Gasteiger partial charge in [-0.2, -0.15) is 4.98 Å². The second kappa shape index (κ2) is 4.66. The first kappa shape index (κ1) is 10.5. The van der Waals surface area contributed by atoms with Gasteiger partial charge in [0.25, 0.3) is 0 Å².